The molecule has 1 aliphatic heterocycles. The Kier molecular flexibility index (Phi) is 5.96. The molecule has 138 valence electrons. The molecule has 0 bridgehead atoms. The molecular formula is C19H21ClN2O3S. The SMILES string of the molecule is O=C(c1cccc(S(=O)(=O)NCc2ccccc2Cl)c1)N1CCCCC1. The van der Waals surface area contributed by atoms with E-state index in [4.69, 9.17) is 11.6 Å². The zero-order valence-electron chi connectivity index (χ0n) is 14.3. The van der Waals surface area contributed by atoms with Gasteiger partial charge in [-0.25, -0.2) is 13.1 Å². The van der Waals surface area contributed by atoms with E-state index in [1.807, 2.05) is 0 Å². The fourth-order valence-corrected chi connectivity index (χ4v) is 4.23. The molecule has 1 aliphatic rings. The van der Waals surface area contributed by atoms with Gasteiger partial charge >= 0.3 is 0 Å². The minimum absolute atomic E-state index is 0.0763. The van der Waals surface area contributed by atoms with Crippen molar-refractivity contribution in [3.63, 3.8) is 0 Å². The van der Waals surface area contributed by atoms with E-state index in [1.54, 1.807) is 41.3 Å². The van der Waals surface area contributed by atoms with Crippen LogP contribution in [0.25, 0.3) is 0 Å². The maximum atomic E-state index is 12.6. The summed E-state index contributed by atoms with van der Waals surface area (Å²) in [4.78, 5) is 14.5. The average Bonchev–Trinajstić information content (AvgIpc) is 2.67. The molecular weight excluding hydrogens is 372 g/mol. The highest BCUT2D eigenvalue weighted by Gasteiger charge is 2.21. The summed E-state index contributed by atoms with van der Waals surface area (Å²) in [5.74, 6) is -0.118. The molecule has 0 aromatic heterocycles. The van der Waals surface area contributed by atoms with E-state index in [0.29, 0.717) is 16.1 Å². The lowest BCUT2D eigenvalue weighted by Gasteiger charge is -2.26. The highest BCUT2D eigenvalue weighted by atomic mass is 35.5. The third-order valence-corrected chi connectivity index (χ3v) is 6.21. The van der Waals surface area contributed by atoms with E-state index < -0.39 is 10.0 Å². The van der Waals surface area contributed by atoms with E-state index in [1.165, 1.54) is 12.1 Å². The van der Waals surface area contributed by atoms with Crippen molar-refractivity contribution < 1.29 is 13.2 Å². The molecule has 0 radical (unpaired) electrons. The maximum absolute atomic E-state index is 12.6. The smallest absolute Gasteiger partial charge is 0.253 e. The van der Waals surface area contributed by atoms with Gasteiger partial charge in [0.2, 0.25) is 10.0 Å². The van der Waals surface area contributed by atoms with Gasteiger partial charge in [-0.3, -0.25) is 4.79 Å². The second-order valence-electron chi connectivity index (χ2n) is 6.30. The summed E-state index contributed by atoms with van der Waals surface area (Å²) in [5.41, 5.74) is 1.09. The first-order chi connectivity index (χ1) is 12.5. The van der Waals surface area contributed by atoms with Crippen molar-refractivity contribution in [2.45, 2.75) is 30.7 Å². The molecule has 7 heteroatoms. The number of hydrogen-bond donors (Lipinski definition) is 1. The van der Waals surface area contributed by atoms with Gasteiger partial charge in [-0.2, -0.15) is 0 Å². The van der Waals surface area contributed by atoms with Crippen molar-refractivity contribution in [1.29, 1.82) is 0 Å². The monoisotopic (exact) mass is 392 g/mol. The quantitative estimate of drug-likeness (QED) is 0.847. The fraction of sp³-hybridized carbons (Fsp3) is 0.316. The maximum Gasteiger partial charge on any atom is 0.253 e. The summed E-state index contributed by atoms with van der Waals surface area (Å²) in [6.45, 7) is 1.54. The van der Waals surface area contributed by atoms with Gasteiger partial charge < -0.3 is 4.90 Å². The lowest BCUT2D eigenvalue weighted by atomic mass is 10.1. The van der Waals surface area contributed by atoms with Gasteiger partial charge in [0.25, 0.3) is 5.91 Å². The van der Waals surface area contributed by atoms with Gasteiger partial charge in [0.1, 0.15) is 0 Å². The summed E-state index contributed by atoms with van der Waals surface area (Å²) in [7, 11) is -3.74. The van der Waals surface area contributed by atoms with Crippen LogP contribution in [0.15, 0.2) is 53.4 Å². The first-order valence-corrected chi connectivity index (χ1v) is 10.5. The van der Waals surface area contributed by atoms with Crippen LogP contribution in [0.2, 0.25) is 5.02 Å². The highest BCUT2D eigenvalue weighted by Crippen LogP contribution is 2.18. The number of carbonyl (C=O) groups excluding carboxylic acids is 1. The number of nitrogens with one attached hydrogen (secondary N) is 1. The van der Waals surface area contributed by atoms with E-state index in [0.717, 1.165) is 32.4 Å². The third-order valence-electron chi connectivity index (χ3n) is 4.45. The number of hydrogen-bond acceptors (Lipinski definition) is 3. The first kappa shape index (κ1) is 18.9. The van der Waals surface area contributed by atoms with Crippen molar-refractivity contribution in [2.75, 3.05) is 13.1 Å². The zero-order valence-corrected chi connectivity index (χ0v) is 15.9. The number of carbonyl (C=O) groups is 1. The Morgan fingerprint density at radius 1 is 1.04 bits per heavy atom. The van der Waals surface area contributed by atoms with Gasteiger partial charge in [0.15, 0.2) is 0 Å². The fourth-order valence-electron chi connectivity index (χ4n) is 2.97. The van der Waals surface area contributed by atoms with E-state index >= 15 is 0 Å². The molecule has 0 aliphatic carbocycles. The largest absolute Gasteiger partial charge is 0.339 e. The number of rotatable bonds is 5. The van der Waals surface area contributed by atoms with Crippen molar-refractivity contribution in [2.24, 2.45) is 0 Å². The molecule has 1 amide bonds. The van der Waals surface area contributed by atoms with Crippen LogP contribution in [-0.2, 0) is 16.6 Å². The average molecular weight is 393 g/mol. The van der Waals surface area contributed by atoms with Crippen molar-refractivity contribution >= 4 is 27.5 Å². The molecule has 0 spiro atoms. The lowest BCUT2D eigenvalue weighted by Crippen LogP contribution is -2.35. The molecule has 26 heavy (non-hydrogen) atoms. The Labute approximate surface area is 159 Å². The first-order valence-electron chi connectivity index (χ1n) is 8.60. The van der Waals surface area contributed by atoms with Gasteiger partial charge in [0.05, 0.1) is 4.90 Å². The summed E-state index contributed by atoms with van der Waals surface area (Å²) < 4.78 is 27.7. The number of sulfonamides is 1. The predicted molar refractivity (Wildman–Crippen MR) is 102 cm³/mol. The number of amides is 1. The topological polar surface area (TPSA) is 66.5 Å². The van der Waals surface area contributed by atoms with Crippen LogP contribution >= 0.6 is 11.6 Å². The standard InChI is InChI=1S/C19H21ClN2O3S/c20-18-10-3-2-7-16(18)14-21-26(24,25)17-9-6-8-15(13-17)19(23)22-11-4-1-5-12-22/h2-3,6-10,13,21H,1,4-5,11-12,14H2. The molecule has 1 fully saturated rings. The van der Waals surface area contributed by atoms with Crippen LogP contribution in [0.1, 0.15) is 35.2 Å². The Morgan fingerprint density at radius 3 is 2.50 bits per heavy atom. The Morgan fingerprint density at radius 2 is 1.77 bits per heavy atom. The molecule has 1 heterocycles. The number of likely N-dealkylation sites (tertiary alicyclic amines) is 1. The van der Waals surface area contributed by atoms with Crippen molar-refractivity contribution in [3.05, 3.63) is 64.7 Å². The molecule has 2 aromatic carbocycles. The lowest BCUT2D eigenvalue weighted by molar-refractivity contribution is 0.0724. The minimum atomic E-state index is -3.74. The van der Waals surface area contributed by atoms with Crippen LogP contribution in [0.5, 0.6) is 0 Å². The van der Waals surface area contributed by atoms with Gasteiger partial charge in [-0.1, -0.05) is 35.9 Å². The molecule has 0 atom stereocenters. The number of halogens is 1. The van der Waals surface area contributed by atoms with E-state index in [2.05, 4.69) is 4.72 Å². The summed E-state index contributed by atoms with van der Waals surface area (Å²) in [6, 6.07) is 13.2. The molecule has 1 N–H and O–H groups in total. The number of benzene rings is 2. The highest BCUT2D eigenvalue weighted by molar-refractivity contribution is 7.89. The van der Waals surface area contributed by atoms with Gasteiger partial charge in [0, 0.05) is 30.2 Å². The van der Waals surface area contributed by atoms with Crippen LogP contribution in [-0.4, -0.2) is 32.3 Å². The molecule has 1 saturated heterocycles. The minimum Gasteiger partial charge on any atom is -0.339 e. The van der Waals surface area contributed by atoms with Crippen LogP contribution in [0.3, 0.4) is 0 Å². The van der Waals surface area contributed by atoms with Crippen LogP contribution < -0.4 is 4.72 Å². The van der Waals surface area contributed by atoms with Crippen LogP contribution in [0.4, 0.5) is 0 Å². The van der Waals surface area contributed by atoms with Crippen molar-refractivity contribution in [1.82, 2.24) is 9.62 Å². The molecule has 3 rings (SSSR count). The zero-order chi connectivity index (χ0) is 18.6. The summed E-state index contributed by atoms with van der Waals surface area (Å²) in [5, 5.41) is 0.504. The number of piperidine rings is 1. The van der Waals surface area contributed by atoms with Gasteiger partial charge in [-0.15, -0.1) is 0 Å². The molecule has 0 saturated carbocycles. The summed E-state index contributed by atoms with van der Waals surface area (Å²) in [6.07, 6.45) is 3.11. The van der Waals surface area contributed by atoms with Gasteiger partial charge in [-0.05, 0) is 49.1 Å². The Hall–Kier alpha value is -1.89. The van der Waals surface area contributed by atoms with E-state index in [-0.39, 0.29) is 17.3 Å². The molecule has 2 aromatic rings. The third kappa shape index (κ3) is 4.44. The normalized spacial score (nSPS) is 15.0. The number of nitrogens with zero attached hydrogens (tertiary/aromatic N) is 1. The molecule has 5 nitrogen and oxygen atoms in total. The summed E-state index contributed by atoms with van der Waals surface area (Å²) >= 11 is 6.07. The molecule has 0 unspecified atom stereocenters. The second-order valence-corrected chi connectivity index (χ2v) is 8.47. The predicted octanol–water partition coefficient (Wildman–Crippen LogP) is 3.44. The Bertz CT molecular complexity index is 893. The van der Waals surface area contributed by atoms with Crippen molar-refractivity contribution in [3.8, 4) is 0 Å². The Balaban J connectivity index is 1.75. The van der Waals surface area contributed by atoms with E-state index in [9.17, 15) is 13.2 Å². The second kappa shape index (κ2) is 8.20. The van der Waals surface area contributed by atoms with Crippen LogP contribution in [0, 0.1) is 0 Å².